The third-order valence-electron chi connectivity index (χ3n) is 6.10. The molecule has 1 amide bonds. The Kier molecular flexibility index (Phi) is 6.68. The first-order valence-corrected chi connectivity index (χ1v) is 10.1. The standard InChI is InChI=1S/C21H30N4O2/c1-16-18(13-22)4-9-21(23-16)24-11-2-3-17(14-24)10-12-25(15-26)19-5-7-20(27)8-6-19/h4,9,15,17,19-20,27H,2-3,5-8,10-12,14H2,1H3. The third-order valence-corrected chi connectivity index (χ3v) is 6.10. The normalized spacial score (nSPS) is 25.7. The molecular formula is C21H30N4O2. The highest BCUT2D eigenvalue weighted by atomic mass is 16.3. The van der Waals surface area contributed by atoms with Gasteiger partial charge in [-0.05, 0) is 69.9 Å². The first kappa shape index (κ1) is 19.6. The number of aliphatic hydroxyl groups excluding tert-OH is 1. The van der Waals surface area contributed by atoms with Crippen LogP contribution >= 0.6 is 0 Å². The quantitative estimate of drug-likeness (QED) is 0.779. The van der Waals surface area contributed by atoms with E-state index < -0.39 is 0 Å². The molecular weight excluding hydrogens is 340 g/mol. The van der Waals surface area contributed by atoms with E-state index in [9.17, 15) is 9.90 Å². The molecule has 2 fully saturated rings. The number of carbonyl (C=O) groups excluding carboxylic acids is 1. The summed E-state index contributed by atoms with van der Waals surface area (Å²) >= 11 is 0. The molecule has 0 radical (unpaired) electrons. The maximum atomic E-state index is 11.6. The third kappa shape index (κ3) is 4.98. The van der Waals surface area contributed by atoms with Crippen LogP contribution in [0.4, 0.5) is 5.82 Å². The first-order chi connectivity index (χ1) is 13.1. The Morgan fingerprint density at radius 1 is 1.33 bits per heavy atom. The fourth-order valence-electron chi connectivity index (χ4n) is 4.39. The summed E-state index contributed by atoms with van der Waals surface area (Å²) in [6.45, 7) is 4.62. The average molecular weight is 370 g/mol. The van der Waals surface area contributed by atoms with Gasteiger partial charge in [-0.1, -0.05) is 0 Å². The van der Waals surface area contributed by atoms with E-state index in [-0.39, 0.29) is 12.1 Å². The predicted octanol–water partition coefficient (Wildman–Crippen LogP) is 2.63. The number of aliphatic hydroxyl groups is 1. The van der Waals surface area contributed by atoms with Crippen LogP contribution in [0.2, 0.25) is 0 Å². The fourth-order valence-corrected chi connectivity index (χ4v) is 4.39. The molecule has 6 nitrogen and oxygen atoms in total. The second-order valence-corrected chi connectivity index (χ2v) is 7.96. The Bertz CT molecular complexity index is 679. The summed E-state index contributed by atoms with van der Waals surface area (Å²) in [6.07, 6.45) is 7.54. The van der Waals surface area contributed by atoms with E-state index >= 15 is 0 Å². The Hall–Kier alpha value is -2.13. The zero-order chi connectivity index (χ0) is 19.2. The second kappa shape index (κ2) is 9.18. The van der Waals surface area contributed by atoms with Gasteiger partial charge in [0.1, 0.15) is 11.9 Å². The number of nitrogens with zero attached hydrogens (tertiary/aromatic N) is 4. The molecule has 0 aromatic carbocycles. The smallest absolute Gasteiger partial charge is 0.209 e. The SMILES string of the molecule is Cc1nc(N2CCCC(CCN(C=O)C3CCC(O)CC3)C2)ccc1C#N. The van der Waals surface area contributed by atoms with Gasteiger partial charge >= 0.3 is 0 Å². The Morgan fingerprint density at radius 3 is 2.78 bits per heavy atom. The van der Waals surface area contributed by atoms with Gasteiger partial charge in [-0.2, -0.15) is 5.26 Å². The predicted molar refractivity (Wildman–Crippen MR) is 104 cm³/mol. The molecule has 1 aliphatic carbocycles. The Morgan fingerprint density at radius 2 is 2.11 bits per heavy atom. The van der Waals surface area contributed by atoms with Gasteiger partial charge in [0.15, 0.2) is 0 Å². The first-order valence-electron chi connectivity index (χ1n) is 10.1. The topological polar surface area (TPSA) is 80.5 Å². The van der Waals surface area contributed by atoms with Gasteiger partial charge in [-0.3, -0.25) is 4.79 Å². The lowest BCUT2D eigenvalue weighted by atomic mass is 9.91. The summed E-state index contributed by atoms with van der Waals surface area (Å²) in [4.78, 5) is 20.4. The summed E-state index contributed by atoms with van der Waals surface area (Å²) in [7, 11) is 0. The lowest BCUT2D eigenvalue weighted by molar-refractivity contribution is -0.121. The van der Waals surface area contributed by atoms with Crippen LogP contribution in [0.3, 0.4) is 0 Å². The van der Waals surface area contributed by atoms with Crippen molar-refractivity contribution >= 4 is 12.2 Å². The number of aryl methyl sites for hydroxylation is 1. The number of amides is 1. The number of rotatable bonds is 6. The minimum Gasteiger partial charge on any atom is -0.393 e. The van der Waals surface area contributed by atoms with Crippen LogP contribution < -0.4 is 4.90 Å². The summed E-state index contributed by atoms with van der Waals surface area (Å²) in [5.74, 6) is 1.50. The highest BCUT2D eigenvalue weighted by Gasteiger charge is 2.26. The second-order valence-electron chi connectivity index (χ2n) is 7.96. The molecule has 1 atom stereocenters. The van der Waals surface area contributed by atoms with Crippen LogP contribution in [-0.2, 0) is 4.79 Å². The number of anilines is 1. The van der Waals surface area contributed by atoms with Gasteiger partial charge in [0.05, 0.1) is 17.4 Å². The molecule has 2 aliphatic rings. The van der Waals surface area contributed by atoms with E-state index in [0.29, 0.717) is 11.5 Å². The van der Waals surface area contributed by atoms with E-state index in [1.54, 1.807) is 0 Å². The zero-order valence-electron chi connectivity index (χ0n) is 16.2. The molecule has 3 rings (SSSR count). The average Bonchev–Trinajstić information content (AvgIpc) is 2.70. The van der Waals surface area contributed by atoms with Gasteiger partial charge in [-0.25, -0.2) is 4.98 Å². The van der Waals surface area contributed by atoms with Crippen LogP contribution in [0.15, 0.2) is 12.1 Å². The van der Waals surface area contributed by atoms with E-state index in [1.807, 2.05) is 24.0 Å². The number of nitriles is 1. The van der Waals surface area contributed by atoms with E-state index in [2.05, 4.69) is 16.0 Å². The van der Waals surface area contributed by atoms with Crippen molar-refractivity contribution in [1.82, 2.24) is 9.88 Å². The van der Waals surface area contributed by atoms with E-state index in [1.165, 1.54) is 6.42 Å². The van der Waals surface area contributed by atoms with Gasteiger partial charge in [-0.15, -0.1) is 0 Å². The Balaban J connectivity index is 1.54. The zero-order valence-corrected chi connectivity index (χ0v) is 16.2. The molecule has 146 valence electrons. The lowest BCUT2D eigenvalue weighted by Gasteiger charge is -2.37. The molecule has 1 saturated heterocycles. The number of pyridine rings is 1. The minimum absolute atomic E-state index is 0.190. The van der Waals surface area contributed by atoms with Crippen molar-refractivity contribution in [2.24, 2.45) is 5.92 Å². The van der Waals surface area contributed by atoms with Crippen molar-refractivity contribution in [1.29, 1.82) is 5.26 Å². The van der Waals surface area contributed by atoms with Gasteiger partial charge in [0.25, 0.3) is 0 Å². The number of aromatic nitrogens is 1. The van der Waals surface area contributed by atoms with Gasteiger partial charge in [0.2, 0.25) is 6.41 Å². The maximum Gasteiger partial charge on any atom is 0.209 e. The summed E-state index contributed by atoms with van der Waals surface area (Å²) in [5.41, 5.74) is 1.41. The highest BCUT2D eigenvalue weighted by molar-refractivity contribution is 5.48. The number of hydrogen-bond donors (Lipinski definition) is 1. The van der Waals surface area contributed by atoms with Crippen molar-refractivity contribution in [2.45, 2.75) is 64.0 Å². The Labute approximate surface area is 161 Å². The monoisotopic (exact) mass is 370 g/mol. The summed E-state index contributed by atoms with van der Waals surface area (Å²) in [5, 5.41) is 18.7. The summed E-state index contributed by atoms with van der Waals surface area (Å²) < 4.78 is 0. The highest BCUT2D eigenvalue weighted by Crippen LogP contribution is 2.27. The largest absolute Gasteiger partial charge is 0.393 e. The van der Waals surface area contributed by atoms with Crippen molar-refractivity contribution in [2.75, 3.05) is 24.5 Å². The van der Waals surface area contributed by atoms with Crippen LogP contribution in [0.1, 0.15) is 56.2 Å². The number of hydrogen-bond acceptors (Lipinski definition) is 5. The van der Waals surface area contributed by atoms with Crippen molar-refractivity contribution in [3.8, 4) is 6.07 Å². The molecule has 2 heterocycles. The molecule has 1 aromatic heterocycles. The van der Waals surface area contributed by atoms with Crippen LogP contribution in [0.25, 0.3) is 0 Å². The molecule has 27 heavy (non-hydrogen) atoms. The van der Waals surface area contributed by atoms with Crippen molar-refractivity contribution in [3.05, 3.63) is 23.4 Å². The van der Waals surface area contributed by atoms with Crippen molar-refractivity contribution in [3.63, 3.8) is 0 Å². The van der Waals surface area contributed by atoms with E-state index in [4.69, 9.17) is 5.26 Å². The molecule has 1 aromatic rings. The molecule has 1 aliphatic heterocycles. The summed E-state index contributed by atoms with van der Waals surface area (Å²) in [6, 6.07) is 6.26. The fraction of sp³-hybridized carbons (Fsp3) is 0.667. The van der Waals surface area contributed by atoms with Gasteiger partial charge < -0.3 is 14.9 Å². The van der Waals surface area contributed by atoms with Gasteiger partial charge in [0, 0.05) is 25.7 Å². The minimum atomic E-state index is -0.190. The van der Waals surface area contributed by atoms with Crippen molar-refractivity contribution < 1.29 is 9.90 Å². The van der Waals surface area contributed by atoms with E-state index in [0.717, 1.165) is 76.1 Å². The molecule has 6 heteroatoms. The lowest BCUT2D eigenvalue weighted by Crippen LogP contribution is -2.41. The van der Waals surface area contributed by atoms with Crippen LogP contribution in [-0.4, -0.2) is 53.2 Å². The molecule has 1 unspecified atom stereocenters. The number of piperidine rings is 1. The maximum absolute atomic E-state index is 11.6. The number of carbonyl (C=O) groups is 1. The van der Waals surface area contributed by atoms with Crippen LogP contribution in [0.5, 0.6) is 0 Å². The molecule has 0 spiro atoms. The van der Waals surface area contributed by atoms with Crippen LogP contribution in [0, 0.1) is 24.2 Å². The molecule has 1 N–H and O–H groups in total. The molecule has 0 bridgehead atoms. The molecule has 1 saturated carbocycles.